The lowest BCUT2D eigenvalue weighted by Crippen LogP contribution is -2.00. The molecule has 8 aromatic carbocycles. The van der Waals surface area contributed by atoms with E-state index in [1.807, 2.05) is 36.4 Å². The van der Waals surface area contributed by atoms with Crippen molar-refractivity contribution in [3.8, 4) is 78.7 Å². The lowest BCUT2D eigenvalue weighted by atomic mass is 9.98. The molecule has 0 amide bonds. The minimum Gasteiger partial charge on any atom is -0.456 e. The van der Waals surface area contributed by atoms with Crippen LogP contribution in [0.15, 0.2) is 180 Å². The molecule has 0 fully saturated rings. The van der Waals surface area contributed by atoms with Crippen molar-refractivity contribution in [2.75, 3.05) is 0 Å². The zero-order chi connectivity index (χ0) is 34.9. The van der Waals surface area contributed by atoms with Crippen LogP contribution in [0.2, 0.25) is 0 Å². The van der Waals surface area contributed by atoms with Crippen molar-refractivity contribution in [2.45, 2.75) is 0 Å². The molecule has 1 aliphatic rings. The van der Waals surface area contributed by atoms with Gasteiger partial charge in [0.25, 0.3) is 0 Å². The minimum atomic E-state index is 0.597. The van der Waals surface area contributed by atoms with Crippen LogP contribution >= 0.6 is 0 Å². The number of hydrogen-bond donors (Lipinski definition) is 0. The molecule has 0 aliphatic heterocycles. The molecule has 4 heteroatoms. The smallest absolute Gasteiger partial charge is 0.164 e. The van der Waals surface area contributed by atoms with Gasteiger partial charge in [0.2, 0.25) is 0 Å². The van der Waals surface area contributed by atoms with Crippen LogP contribution in [0.3, 0.4) is 0 Å². The molecule has 0 radical (unpaired) electrons. The van der Waals surface area contributed by atoms with E-state index >= 15 is 0 Å². The summed E-state index contributed by atoms with van der Waals surface area (Å²) in [5.41, 5.74) is 14.1. The maximum absolute atomic E-state index is 6.65. The number of hydrogen-bond acceptors (Lipinski definition) is 4. The van der Waals surface area contributed by atoms with Gasteiger partial charge in [0, 0.05) is 27.5 Å². The fraction of sp³-hybridized carbons (Fsp3) is 0. The second kappa shape index (κ2) is 11.7. The van der Waals surface area contributed by atoms with E-state index in [9.17, 15) is 0 Å². The summed E-state index contributed by atoms with van der Waals surface area (Å²) in [6.45, 7) is 0. The molecule has 10 aromatic rings. The minimum absolute atomic E-state index is 0.597. The van der Waals surface area contributed by atoms with Gasteiger partial charge in [-0.05, 0) is 73.5 Å². The van der Waals surface area contributed by atoms with Crippen LogP contribution in [-0.4, -0.2) is 15.0 Å². The molecular weight excluding hydrogens is 647 g/mol. The van der Waals surface area contributed by atoms with Gasteiger partial charge < -0.3 is 4.42 Å². The third kappa shape index (κ3) is 4.80. The highest BCUT2D eigenvalue weighted by Gasteiger charge is 2.24. The van der Waals surface area contributed by atoms with Gasteiger partial charge in [-0.25, -0.2) is 15.0 Å². The molecule has 0 spiro atoms. The summed E-state index contributed by atoms with van der Waals surface area (Å²) in [4.78, 5) is 15.0. The second-order valence-electron chi connectivity index (χ2n) is 13.6. The van der Waals surface area contributed by atoms with Crippen molar-refractivity contribution in [3.05, 3.63) is 176 Å². The van der Waals surface area contributed by atoms with Crippen molar-refractivity contribution in [2.24, 2.45) is 0 Å². The van der Waals surface area contributed by atoms with Crippen LogP contribution in [-0.2, 0) is 0 Å². The Hall–Kier alpha value is -7.17. The molecule has 246 valence electrons. The van der Waals surface area contributed by atoms with Crippen molar-refractivity contribution in [1.82, 2.24) is 15.0 Å². The summed E-state index contributed by atoms with van der Waals surface area (Å²) in [6.07, 6.45) is 0. The second-order valence-corrected chi connectivity index (χ2v) is 13.6. The Morgan fingerprint density at radius 3 is 1.40 bits per heavy atom. The van der Waals surface area contributed by atoms with Crippen molar-refractivity contribution in [3.63, 3.8) is 0 Å². The number of furan rings is 1. The Morgan fingerprint density at radius 2 is 0.755 bits per heavy atom. The molecule has 4 nitrogen and oxygen atoms in total. The van der Waals surface area contributed by atoms with Crippen molar-refractivity contribution in [1.29, 1.82) is 0 Å². The number of nitrogens with zero attached hydrogens (tertiary/aromatic N) is 3. The quantitative estimate of drug-likeness (QED) is 0.182. The monoisotopic (exact) mass is 675 g/mol. The van der Waals surface area contributed by atoms with Crippen molar-refractivity contribution < 1.29 is 4.42 Å². The summed E-state index contributed by atoms with van der Waals surface area (Å²) in [7, 11) is 0. The predicted octanol–water partition coefficient (Wildman–Crippen LogP) is 12.9. The van der Waals surface area contributed by atoms with E-state index in [0.717, 1.165) is 49.8 Å². The van der Waals surface area contributed by atoms with Crippen LogP contribution in [0.25, 0.3) is 111 Å². The van der Waals surface area contributed by atoms with Crippen LogP contribution in [0.5, 0.6) is 0 Å². The molecular formula is C49H29N3O. The molecule has 11 rings (SSSR count). The van der Waals surface area contributed by atoms with Gasteiger partial charge in [-0.3, -0.25) is 0 Å². The lowest BCUT2D eigenvalue weighted by molar-refractivity contribution is 0.669. The summed E-state index contributed by atoms with van der Waals surface area (Å²) in [5.74, 6) is 1.84. The lowest BCUT2D eigenvalue weighted by Gasteiger charge is -2.09. The zero-order valence-corrected chi connectivity index (χ0v) is 28.5. The molecule has 0 atom stereocenters. The summed E-state index contributed by atoms with van der Waals surface area (Å²) >= 11 is 0. The fourth-order valence-electron chi connectivity index (χ4n) is 7.93. The number of rotatable bonds is 5. The first-order valence-electron chi connectivity index (χ1n) is 17.9. The van der Waals surface area contributed by atoms with Crippen LogP contribution < -0.4 is 0 Å². The van der Waals surface area contributed by atoms with Gasteiger partial charge in [0.1, 0.15) is 11.2 Å². The largest absolute Gasteiger partial charge is 0.456 e. The maximum atomic E-state index is 6.65. The van der Waals surface area contributed by atoms with Crippen LogP contribution in [0, 0.1) is 0 Å². The number of aromatic nitrogens is 3. The first kappa shape index (κ1) is 29.5. The number of benzene rings is 8. The van der Waals surface area contributed by atoms with Crippen molar-refractivity contribution >= 4 is 32.7 Å². The Kier molecular flexibility index (Phi) is 6.52. The van der Waals surface area contributed by atoms with Crippen LogP contribution in [0.1, 0.15) is 0 Å². The van der Waals surface area contributed by atoms with Gasteiger partial charge in [-0.2, -0.15) is 0 Å². The molecule has 0 N–H and O–H groups in total. The van der Waals surface area contributed by atoms with Crippen LogP contribution in [0.4, 0.5) is 0 Å². The topological polar surface area (TPSA) is 51.8 Å². The molecule has 1 aliphatic carbocycles. The SMILES string of the molecule is c1ccc(-c2ccc(-c3ccc(-c4nc(-c5ccccc5)nc(-c5ccc6c(c5)oc5cc7c8c(cccc8c56)-c5ccccc5-7)n4)cc3)cc2)cc1. The van der Waals surface area contributed by atoms with E-state index in [-0.39, 0.29) is 0 Å². The molecule has 0 saturated carbocycles. The summed E-state index contributed by atoms with van der Waals surface area (Å²) in [6, 6.07) is 61.5. The highest BCUT2D eigenvalue weighted by atomic mass is 16.3. The van der Waals surface area contributed by atoms with Gasteiger partial charge in [-0.15, -0.1) is 0 Å². The first-order chi connectivity index (χ1) is 26.2. The molecule has 53 heavy (non-hydrogen) atoms. The third-order valence-corrected chi connectivity index (χ3v) is 10.5. The average molecular weight is 676 g/mol. The Labute approximate surface area is 305 Å². The van der Waals surface area contributed by atoms with Gasteiger partial charge >= 0.3 is 0 Å². The first-order valence-corrected chi connectivity index (χ1v) is 17.9. The van der Waals surface area contributed by atoms with E-state index in [2.05, 4.69) is 140 Å². The van der Waals surface area contributed by atoms with E-state index in [1.54, 1.807) is 0 Å². The van der Waals surface area contributed by atoms with E-state index in [0.29, 0.717) is 17.5 Å². The standard InChI is InChI=1S/C49H29N3O/c1-3-10-30(11-4-1)31-18-20-32(21-19-31)33-22-24-35(25-23-33)48-50-47(34-12-5-2-6-13-34)51-49(52-48)36-26-27-40-43(28-36)53-44-29-42-38-15-8-7-14-37(38)39-16-9-17-41(45(39)42)46(40)44/h1-29H. The zero-order valence-electron chi connectivity index (χ0n) is 28.5. The van der Waals surface area contributed by atoms with E-state index < -0.39 is 0 Å². The number of fused-ring (bicyclic) bond motifs is 7. The normalized spacial score (nSPS) is 11.8. The summed E-state index contributed by atoms with van der Waals surface area (Å²) in [5, 5.41) is 4.71. The van der Waals surface area contributed by atoms with Gasteiger partial charge in [-0.1, -0.05) is 158 Å². The Morgan fingerprint density at radius 1 is 0.283 bits per heavy atom. The molecule has 2 aromatic heterocycles. The van der Waals surface area contributed by atoms with Gasteiger partial charge in [0.15, 0.2) is 17.5 Å². The highest BCUT2D eigenvalue weighted by Crippen LogP contribution is 2.50. The van der Waals surface area contributed by atoms with Gasteiger partial charge in [0.05, 0.1) is 0 Å². The molecule has 0 unspecified atom stereocenters. The summed E-state index contributed by atoms with van der Waals surface area (Å²) < 4.78 is 6.65. The third-order valence-electron chi connectivity index (χ3n) is 10.5. The Bertz CT molecular complexity index is 3020. The molecule has 0 saturated heterocycles. The highest BCUT2D eigenvalue weighted by molar-refractivity contribution is 6.28. The Balaban J connectivity index is 1.00. The molecule has 0 bridgehead atoms. The maximum Gasteiger partial charge on any atom is 0.164 e. The van der Waals surface area contributed by atoms with E-state index in [1.165, 1.54) is 44.2 Å². The average Bonchev–Trinajstić information content (AvgIpc) is 3.77. The molecule has 2 heterocycles. The predicted molar refractivity (Wildman–Crippen MR) is 216 cm³/mol. The fourth-order valence-corrected chi connectivity index (χ4v) is 7.93. The van der Waals surface area contributed by atoms with E-state index in [4.69, 9.17) is 19.4 Å².